The number of fused-ring (bicyclic) bond motifs is 6. The van der Waals surface area contributed by atoms with Gasteiger partial charge in [-0.15, -0.1) is 0 Å². The van der Waals surface area contributed by atoms with Gasteiger partial charge in [0.1, 0.15) is 11.9 Å². The molecule has 178 valence electrons. The molecule has 7 rings (SSSR count). The van der Waals surface area contributed by atoms with E-state index in [1.165, 1.54) is 24.3 Å². The number of nitrogens with zero attached hydrogens (tertiary/aromatic N) is 2. The van der Waals surface area contributed by atoms with E-state index in [0.717, 1.165) is 16.0 Å². The number of benzene rings is 3. The van der Waals surface area contributed by atoms with E-state index in [-0.39, 0.29) is 12.6 Å². The molecule has 36 heavy (non-hydrogen) atoms. The molecule has 0 spiro atoms. The number of ketones is 1. The number of hydrogen-bond donors (Lipinski definition) is 0. The first-order chi connectivity index (χ1) is 17.5. The van der Waals surface area contributed by atoms with E-state index in [1.807, 2.05) is 41.4 Å². The van der Waals surface area contributed by atoms with Gasteiger partial charge in [0, 0.05) is 11.8 Å². The van der Waals surface area contributed by atoms with E-state index in [1.54, 1.807) is 18.2 Å². The number of anilines is 1. The molecule has 7 nitrogen and oxygen atoms in total. The summed E-state index contributed by atoms with van der Waals surface area (Å²) in [5.41, 5.74) is 2.49. The van der Waals surface area contributed by atoms with Crippen molar-refractivity contribution in [2.45, 2.75) is 12.1 Å². The number of halogens is 1. The average Bonchev–Trinajstić information content (AvgIpc) is 3.57. The number of Topliss-reactive ketones (excluding diaryl/α,β-unsaturated/α-hetero) is 1. The van der Waals surface area contributed by atoms with Crippen molar-refractivity contribution in [2.24, 2.45) is 11.8 Å². The Morgan fingerprint density at radius 1 is 0.889 bits per heavy atom. The lowest BCUT2D eigenvalue weighted by Crippen LogP contribution is -2.44. The highest BCUT2D eigenvalue weighted by atomic mass is 19.1. The molecule has 0 bridgehead atoms. The SMILES string of the molecule is O=C(c1ccc2c(c1)OCO2)[C@@H]1[C@@H]2C(=O)N(c3ccc(F)cc3)C(=O)[C@@H]2[C@@H]2c3ccccc3C=CN12. The molecule has 4 atom stereocenters. The lowest BCUT2D eigenvalue weighted by molar-refractivity contribution is -0.123. The zero-order chi connectivity index (χ0) is 24.6. The Labute approximate surface area is 205 Å². The van der Waals surface area contributed by atoms with Crippen molar-refractivity contribution in [1.82, 2.24) is 4.90 Å². The van der Waals surface area contributed by atoms with Crippen molar-refractivity contribution in [2.75, 3.05) is 11.7 Å². The Hall–Kier alpha value is -4.46. The topological polar surface area (TPSA) is 76.1 Å². The third kappa shape index (κ3) is 2.81. The van der Waals surface area contributed by atoms with Gasteiger partial charge in [-0.3, -0.25) is 14.4 Å². The summed E-state index contributed by atoms with van der Waals surface area (Å²) in [5.74, 6) is -2.25. The average molecular weight is 482 g/mol. The molecule has 0 N–H and O–H groups in total. The van der Waals surface area contributed by atoms with Gasteiger partial charge in [-0.25, -0.2) is 9.29 Å². The smallest absolute Gasteiger partial charge is 0.240 e. The van der Waals surface area contributed by atoms with Crippen LogP contribution in [0, 0.1) is 17.7 Å². The third-order valence-electron chi connectivity index (χ3n) is 7.47. The lowest BCUT2D eigenvalue weighted by atomic mass is 9.83. The van der Waals surface area contributed by atoms with Crippen molar-refractivity contribution in [3.63, 3.8) is 0 Å². The van der Waals surface area contributed by atoms with Gasteiger partial charge in [-0.2, -0.15) is 0 Å². The molecule has 0 radical (unpaired) electrons. The van der Waals surface area contributed by atoms with E-state index in [0.29, 0.717) is 22.7 Å². The van der Waals surface area contributed by atoms with E-state index in [9.17, 15) is 18.8 Å². The maximum atomic E-state index is 14.0. The summed E-state index contributed by atoms with van der Waals surface area (Å²) in [6, 6.07) is 16.5. The van der Waals surface area contributed by atoms with Crippen LogP contribution >= 0.6 is 0 Å². The van der Waals surface area contributed by atoms with Crippen molar-refractivity contribution >= 4 is 29.4 Å². The zero-order valence-electron chi connectivity index (χ0n) is 18.8. The number of carbonyl (C=O) groups excluding carboxylic acids is 3. The van der Waals surface area contributed by atoms with Crippen molar-refractivity contribution < 1.29 is 28.2 Å². The van der Waals surface area contributed by atoms with E-state index >= 15 is 0 Å². The quantitative estimate of drug-likeness (QED) is 0.416. The molecule has 2 saturated heterocycles. The molecule has 0 aromatic heterocycles. The summed E-state index contributed by atoms with van der Waals surface area (Å²) in [6.07, 6.45) is 3.71. The highest BCUT2D eigenvalue weighted by molar-refractivity contribution is 6.24. The highest BCUT2D eigenvalue weighted by Crippen LogP contribution is 2.53. The maximum absolute atomic E-state index is 14.0. The molecule has 2 amide bonds. The monoisotopic (exact) mass is 482 g/mol. The second-order valence-corrected chi connectivity index (χ2v) is 9.25. The second kappa shape index (κ2) is 7.52. The zero-order valence-corrected chi connectivity index (χ0v) is 18.8. The largest absolute Gasteiger partial charge is 0.454 e. The van der Waals surface area contributed by atoms with Gasteiger partial charge in [0.15, 0.2) is 17.3 Å². The maximum Gasteiger partial charge on any atom is 0.240 e. The predicted molar refractivity (Wildman–Crippen MR) is 127 cm³/mol. The molecule has 0 saturated carbocycles. The predicted octanol–water partition coefficient (Wildman–Crippen LogP) is 3.95. The molecule has 4 heterocycles. The van der Waals surface area contributed by atoms with Crippen LogP contribution in [0.4, 0.5) is 10.1 Å². The normalized spacial score (nSPS) is 25.1. The molecule has 4 aliphatic rings. The number of amides is 2. The minimum atomic E-state index is -0.902. The molecule has 3 aromatic rings. The molecule has 4 aliphatic heterocycles. The van der Waals surface area contributed by atoms with Gasteiger partial charge in [-0.1, -0.05) is 24.3 Å². The van der Waals surface area contributed by atoms with Crippen LogP contribution in [0.1, 0.15) is 27.5 Å². The third-order valence-corrected chi connectivity index (χ3v) is 7.47. The standard InChI is InChI=1S/C28H19FN2O5/c29-17-6-8-18(9-7-17)31-27(33)22-23(28(31)34)25(26(32)16-5-10-20-21(13-16)36-14-35-20)30-12-11-15-3-1-2-4-19(15)24(22)30/h1-13,22-25H,14H2/t22-,23+,24-,25-/m0/s1. The van der Waals surface area contributed by atoms with Gasteiger partial charge >= 0.3 is 0 Å². The van der Waals surface area contributed by atoms with Crippen LogP contribution in [0.15, 0.2) is 72.9 Å². The fourth-order valence-corrected chi connectivity index (χ4v) is 5.92. The van der Waals surface area contributed by atoms with Gasteiger partial charge < -0.3 is 14.4 Å². The first kappa shape index (κ1) is 20.9. The summed E-state index contributed by atoms with van der Waals surface area (Å²) >= 11 is 0. The fourth-order valence-electron chi connectivity index (χ4n) is 5.92. The Morgan fingerprint density at radius 3 is 2.47 bits per heavy atom. The van der Waals surface area contributed by atoms with Gasteiger partial charge in [0.2, 0.25) is 18.6 Å². The number of hydrogen-bond acceptors (Lipinski definition) is 6. The van der Waals surface area contributed by atoms with Crippen LogP contribution in [-0.4, -0.2) is 35.3 Å². The number of carbonyl (C=O) groups is 3. The molecular weight excluding hydrogens is 463 g/mol. The Balaban J connectivity index is 1.36. The van der Waals surface area contributed by atoms with Gasteiger partial charge in [0.25, 0.3) is 0 Å². The van der Waals surface area contributed by atoms with E-state index < -0.39 is 41.6 Å². The van der Waals surface area contributed by atoms with Crippen LogP contribution < -0.4 is 14.4 Å². The van der Waals surface area contributed by atoms with Crippen molar-refractivity contribution in [3.8, 4) is 11.5 Å². The number of rotatable bonds is 3. The Bertz CT molecular complexity index is 1480. The summed E-state index contributed by atoms with van der Waals surface area (Å²) in [6.45, 7) is 0.0778. The van der Waals surface area contributed by atoms with Gasteiger partial charge in [0.05, 0.1) is 23.6 Å². The summed E-state index contributed by atoms with van der Waals surface area (Å²) in [5, 5.41) is 0. The van der Waals surface area contributed by atoms with Crippen molar-refractivity contribution in [3.05, 3.63) is 95.4 Å². The molecule has 2 fully saturated rings. The summed E-state index contributed by atoms with van der Waals surface area (Å²) in [7, 11) is 0. The Morgan fingerprint density at radius 2 is 1.64 bits per heavy atom. The fraction of sp³-hybridized carbons (Fsp3) is 0.179. The van der Waals surface area contributed by atoms with E-state index in [4.69, 9.17) is 9.47 Å². The highest BCUT2D eigenvalue weighted by Gasteiger charge is 2.64. The summed E-state index contributed by atoms with van der Waals surface area (Å²) in [4.78, 5) is 44.6. The molecule has 0 aliphatic carbocycles. The first-order valence-electron chi connectivity index (χ1n) is 11.6. The van der Waals surface area contributed by atoms with Crippen LogP contribution in [0.3, 0.4) is 0 Å². The molecule has 0 unspecified atom stereocenters. The summed E-state index contributed by atoms with van der Waals surface area (Å²) < 4.78 is 24.4. The second-order valence-electron chi connectivity index (χ2n) is 9.25. The molecular formula is C28H19FN2O5. The van der Waals surface area contributed by atoms with E-state index in [2.05, 4.69) is 0 Å². The van der Waals surface area contributed by atoms with Crippen LogP contribution in [0.25, 0.3) is 6.08 Å². The van der Waals surface area contributed by atoms with Crippen LogP contribution in [0.5, 0.6) is 11.5 Å². The number of ether oxygens (including phenoxy) is 2. The molecule has 3 aromatic carbocycles. The Kier molecular flexibility index (Phi) is 4.36. The van der Waals surface area contributed by atoms with Gasteiger partial charge in [-0.05, 0) is 59.7 Å². The minimum Gasteiger partial charge on any atom is -0.454 e. The van der Waals surface area contributed by atoms with Crippen LogP contribution in [0.2, 0.25) is 0 Å². The molecule has 8 heteroatoms. The minimum absolute atomic E-state index is 0.0778. The lowest BCUT2D eigenvalue weighted by Gasteiger charge is -2.35. The first-order valence-corrected chi connectivity index (χ1v) is 11.6. The van der Waals surface area contributed by atoms with Crippen LogP contribution in [-0.2, 0) is 9.59 Å². The van der Waals surface area contributed by atoms with Crippen molar-refractivity contribution in [1.29, 1.82) is 0 Å². The number of imide groups is 1.